The Morgan fingerprint density at radius 3 is 2.83 bits per heavy atom. The highest BCUT2D eigenvalue weighted by atomic mass is 32.1. The van der Waals surface area contributed by atoms with Gasteiger partial charge in [-0.15, -0.1) is 11.3 Å². The average molecular weight is 504 g/mol. The van der Waals surface area contributed by atoms with Crippen LogP contribution in [-0.4, -0.2) is 28.7 Å². The molecule has 0 bridgehead atoms. The van der Waals surface area contributed by atoms with Gasteiger partial charge in [0.15, 0.2) is 23.2 Å². The van der Waals surface area contributed by atoms with Gasteiger partial charge in [0.1, 0.15) is 16.9 Å². The minimum absolute atomic E-state index is 0.0599. The first-order chi connectivity index (χ1) is 16.7. The lowest BCUT2D eigenvalue weighted by atomic mass is 9.96. The first-order valence-corrected chi connectivity index (χ1v) is 11.7. The number of nitrogens with zero attached hydrogens (tertiary/aromatic N) is 3. The quantitative estimate of drug-likeness (QED) is 0.499. The number of carbonyl (C=O) groups is 1. The number of alkyl halides is 3. The number of aryl methyl sites for hydroxylation is 1. The molecular formula is C23H20F3N5O3S. The largest absolute Gasteiger partial charge is 0.454 e. The fourth-order valence-corrected chi connectivity index (χ4v) is 5.50. The van der Waals surface area contributed by atoms with Crippen molar-refractivity contribution in [3.8, 4) is 17.6 Å². The molecule has 0 saturated carbocycles. The molecule has 4 heterocycles. The van der Waals surface area contributed by atoms with Gasteiger partial charge in [-0.25, -0.2) is 4.68 Å². The summed E-state index contributed by atoms with van der Waals surface area (Å²) in [6.45, 7) is 3.82. The second kappa shape index (κ2) is 8.49. The van der Waals surface area contributed by atoms with Crippen LogP contribution in [0.3, 0.4) is 0 Å². The van der Waals surface area contributed by atoms with E-state index in [2.05, 4.69) is 21.8 Å². The minimum Gasteiger partial charge on any atom is -0.454 e. The van der Waals surface area contributed by atoms with Crippen molar-refractivity contribution in [3.63, 3.8) is 0 Å². The molecule has 0 radical (unpaired) electrons. The molecule has 0 saturated heterocycles. The number of hydrogen-bond acceptors (Lipinski definition) is 7. The number of ether oxygens (including phenoxy) is 2. The molecule has 182 valence electrons. The van der Waals surface area contributed by atoms with E-state index in [0.29, 0.717) is 34.0 Å². The number of thiophene rings is 1. The van der Waals surface area contributed by atoms with Crippen LogP contribution in [0.5, 0.6) is 11.5 Å². The predicted molar refractivity (Wildman–Crippen MR) is 122 cm³/mol. The lowest BCUT2D eigenvalue weighted by molar-refractivity contribution is -0.173. The number of anilines is 2. The van der Waals surface area contributed by atoms with Gasteiger partial charge in [0.25, 0.3) is 5.91 Å². The zero-order valence-electron chi connectivity index (χ0n) is 18.7. The van der Waals surface area contributed by atoms with E-state index < -0.39 is 24.2 Å². The van der Waals surface area contributed by atoms with E-state index in [4.69, 9.17) is 9.47 Å². The normalized spacial score (nSPS) is 18.5. The highest BCUT2D eigenvalue weighted by molar-refractivity contribution is 7.16. The molecule has 2 aromatic heterocycles. The topological polar surface area (TPSA) is 101 Å². The molecule has 2 aliphatic heterocycles. The van der Waals surface area contributed by atoms with Crippen LogP contribution in [0.25, 0.3) is 0 Å². The summed E-state index contributed by atoms with van der Waals surface area (Å²) in [6, 6.07) is 5.78. The Morgan fingerprint density at radius 2 is 2.11 bits per heavy atom. The lowest BCUT2D eigenvalue weighted by Gasteiger charge is -2.33. The number of halogens is 3. The van der Waals surface area contributed by atoms with Crippen LogP contribution in [-0.2, 0) is 6.42 Å². The van der Waals surface area contributed by atoms with Gasteiger partial charge in [0.2, 0.25) is 6.79 Å². The predicted octanol–water partition coefficient (Wildman–Crippen LogP) is 5.33. The molecule has 1 aromatic carbocycles. The number of nitriles is 1. The van der Waals surface area contributed by atoms with Gasteiger partial charge in [-0.2, -0.15) is 23.5 Å². The molecule has 3 aromatic rings. The number of nitrogens with one attached hydrogen (secondary N) is 2. The van der Waals surface area contributed by atoms with Crippen LogP contribution in [0.15, 0.2) is 24.3 Å². The maximum atomic E-state index is 14.0. The summed E-state index contributed by atoms with van der Waals surface area (Å²) in [5.74, 6) is 0.392. The molecule has 2 atom stereocenters. The van der Waals surface area contributed by atoms with Crippen LogP contribution in [0, 0.1) is 18.3 Å². The summed E-state index contributed by atoms with van der Waals surface area (Å²) < 4.78 is 53.5. The summed E-state index contributed by atoms with van der Waals surface area (Å²) >= 11 is 1.25. The van der Waals surface area contributed by atoms with Crippen molar-refractivity contribution in [2.45, 2.75) is 44.9 Å². The van der Waals surface area contributed by atoms with Gasteiger partial charge in [0, 0.05) is 17.4 Å². The highest BCUT2D eigenvalue weighted by Crippen LogP contribution is 2.45. The van der Waals surface area contributed by atoms with Crippen molar-refractivity contribution < 1.29 is 27.4 Å². The summed E-state index contributed by atoms with van der Waals surface area (Å²) in [5.41, 5.74) is 1.62. The van der Waals surface area contributed by atoms with Crippen molar-refractivity contribution in [2.24, 2.45) is 0 Å². The summed E-state index contributed by atoms with van der Waals surface area (Å²) in [4.78, 5) is 13.8. The number of fused-ring (bicyclic) bond motifs is 2. The van der Waals surface area contributed by atoms with E-state index in [0.717, 1.165) is 15.1 Å². The fourth-order valence-electron chi connectivity index (χ4n) is 4.41. The monoisotopic (exact) mass is 503 g/mol. The van der Waals surface area contributed by atoms with Crippen LogP contribution in [0.4, 0.5) is 24.0 Å². The van der Waals surface area contributed by atoms with E-state index in [1.807, 2.05) is 13.8 Å². The standard InChI is InChI=1S/C23H20F3N5O3S/c1-3-13-11(2)35-22(14(13)9-27)29-21(32)16-8-20-28-15(7-19(23(24,25)26)31(20)30-16)12-4-5-17-18(6-12)34-10-33-17/h4-6,8,15,19,28H,3,7,10H2,1-2H3,(H,29,32)/t15-,19+/m1/s1. The van der Waals surface area contributed by atoms with Crippen molar-refractivity contribution >= 4 is 28.1 Å². The third-order valence-corrected chi connectivity index (χ3v) is 7.19. The molecule has 1 amide bonds. The van der Waals surface area contributed by atoms with Crippen LogP contribution < -0.4 is 20.1 Å². The van der Waals surface area contributed by atoms with Gasteiger partial charge in [-0.3, -0.25) is 4.79 Å². The third kappa shape index (κ3) is 4.05. The van der Waals surface area contributed by atoms with Crippen LogP contribution >= 0.6 is 11.3 Å². The zero-order valence-corrected chi connectivity index (χ0v) is 19.5. The number of aromatic nitrogens is 2. The molecular weight excluding hydrogens is 483 g/mol. The van der Waals surface area contributed by atoms with Crippen molar-refractivity contribution in [1.82, 2.24) is 9.78 Å². The van der Waals surface area contributed by atoms with Crippen molar-refractivity contribution in [3.05, 3.63) is 51.5 Å². The average Bonchev–Trinajstić information content (AvgIpc) is 3.53. The molecule has 2 N–H and O–H groups in total. The Bertz CT molecular complexity index is 1360. The first kappa shape index (κ1) is 23.0. The zero-order chi connectivity index (χ0) is 24.9. The molecule has 0 spiro atoms. The Kier molecular flexibility index (Phi) is 5.59. The fraction of sp³-hybridized carbons (Fsp3) is 0.348. The number of amides is 1. The SMILES string of the molecule is CCc1c(C)sc(NC(=O)c2cc3n(n2)[C@H](C(F)(F)F)C[C@H](c2ccc4c(c2)OCO4)N3)c1C#N. The Balaban J connectivity index is 1.45. The van der Waals surface area contributed by atoms with Crippen molar-refractivity contribution in [1.29, 1.82) is 5.26 Å². The highest BCUT2D eigenvalue weighted by Gasteiger charge is 2.47. The molecule has 2 aliphatic rings. The van der Waals surface area contributed by atoms with Crippen LogP contribution in [0.1, 0.15) is 57.5 Å². The molecule has 0 aliphatic carbocycles. The maximum absolute atomic E-state index is 14.0. The van der Waals surface area contributed by atoms with E-state index in [-0.39, 0.29) is 24.7 Å². The van der Waals surface area contributed by atoms with E-state index in [9.17, 15) is 23.2 Å². The van der Waals surface area contributed by atoms with E-state index in [1.165, 1.54) is 17.4 Å². The lowest BCUT2D eigenvalue weighted by Crippen LogP contribution is -2.35. The summed E-state index contributed by atoms with van der Waals surface area (Å²) in [7, 11) is 0. The molecule has 0 fully saturated rings. The smallest absolute Gasteiger partial charge is 0.410 e. The van der Waals surface area contributed by atoms with E-state index >= 15 is 0 Å². The Morgan fingerprint density at radius 1 is 1.34 bits per heavy atom. The molecule has 35 heavy (non-hydrogen) atoms. The Labute approximate surface area is 202 Å². The second-order valence-electron chi connectivity index (χ2n) is 8.22. The number of rotatable bonds is 4. The first-order valence-electron chi connectivity index (χ1n) is 10.9. The molecule has 5 rings (SSSR count). The van der Waals surface area contributed by atoms with Crippen LogP contribution in [0.2, 0.25) is 0 Å². The van der Waals surface area contributed by atoms with Gasteiger partial charge in [-0.1, -0.05) is 13.0 Å². The maximum Gasteiger partial charge on any atom is 0.410 e. The summed E-state index contributed by atoms with van der Waals surface area (Å²) in [5, 5.41) is 19.6. The minimum atomic E-state index is -4.58. The molecule has 8 nitrogen and oxygen atoms in total. The van der Waals surface area contributed by atoms with Crippen molar-refractivity contribution in [2.75, 3.05) is 17.4 Å². The van der Waals surface area contributed by atoms with Gasteiger partial charge in [0.05, 0.1) is 11.6 Å². The number of hydrogen-bond donors (Lipinski definition) is 2. The number of carbonyl (C=O) groups excluding carboxylic acids is 1. The van der Waals surface area contributed by atoms with Gasteiger partial charge >= 0.3 is 6.18 Å². The van der Waals surface area contributed by atoms with Gasteiger partial charge < -0.3 is 20.1 Å². The second-order valence-corrected chi connectivity index (χ2v) is 9.45. The van der Waals surface area contributed by atoms with E-state index in [1.54, 1.807) is 18.2 Å². The Hall–Kier alpha value is -3.72. The molecule has 12 heteroatoms. The molecule has 0 unspecified atom stereocenters. The summed E-state index contributed by atoms with van der Waals surface area (Å²) in [6.07, 6.45) is -4.28. The van der Waals surface area contributed by atoms with Gasteiger partial charge in [-0.05, 0) is 36.6 Å². The third-order valence-electron chi connectivity index (χ3n) is 6.12. The number of benzene rings is 1.